The summed E-state index contributed by atoms with van der Waals surface area (Å²) in [5.41, 5.74) is 0.545. The van der Waals surface area contributed by atoms with Gasteiger partial charge in [-0.15, -0.1) is 0 Å². The third kappa shape index (κ3) is 3.32. The predicted molar refractivity (Wildman–Crippen MR) is 70.8 cm³/mol. The van der Waals surface area contributed by atoms with Gasteiger partial charge < -0.3 is 10.4 Å². The van der Waals surface area contributed by atoms with Crippen LogP contribution in [-0.2, 0) is 0 Å². The molecule has 3 nitrogen and oxygen atoms in total. The van der Waals surface area contributed by atoms with E-state index >= 15 is 0 Å². The summed E-state index contributed by atoms with van der Waals surface area (Å²) in [5, 5.41) is 22.6. The smallest absolute Gasteiger partial charge is 0.0771 e. The lowest BCUT2D eigenvalue weighted by Crippen LogP contribution is -2.39. The lowest BCUT2D eigenvalue weighted by atomic mass is 9.99. The van der Waals surface area contributed by atoms with Gasteiger partial charge in [0.25, 0.3) is 0 Å². The summed E-state index contributed by atoms with van der Waals surface area (Å²) in [7, 11) is 0. The first kappa shape index (κ1) is 13.1. The molecule has 2 rings (SSSR count). The Morgan fingerprint density at radius 1 is 1.28 bits per heavy atom. The van der Waals surface area contributed by atoms with E-state index in [1.807, 2.05) is 30.3 Å². The molecule has 0 amide bonds. The molecule has 1 atom stereocenters. The van der Waals surface area contributed by atoms with Gasteiger partial charge in [0, 0.05) is 12.6 Å². The van der Waals surface area contributed by atoms with Crippen LogP contribution in [0.5, 0.6) is 0 Å². The zero-order valence-corrected chi connectivity index (χ0v) is 10.6. The summed E-state index contributed by atoms with van der Waals surface area (Å²) in [4.78, 5) is 0. The average molecular weight is 244 g/mol. The molecule has 3 heteroatoms. The van der Waals surface area contributed by atoms with Crippen molar-refractivity contribution in [2.75, 3.05) is 6.54 Å². The Kier molecular flexibility index (Phi) is 4.35. The fourth-order valence-corrected chi connectivity index (χ4v) is 2.61. The number of nitrogens with zero attached hydrogens (tertiary/aromatic N) is 1. The van der Waals surface area contributed by atoms with Gasteiger partial charge in [0.15, 0.2) is 0 Å². The van der Waals surface area contributed by atoms with E-state index in [1.165, 1.54) is 0 Å². The van der Waals surface area contributed by atoms with Crippen LogP contribution in [0.2, 0.25) is 0 Å². The minimum Gasteiger partial charge on any atom is -0.389 e. The Hall–Kier alpha value is -1.37. The van der Waals surface area contributed by atoms with Crippen molar-refractivity contribution in [2.45, 2.75) is 43.7 Å². The van der Waals surface area contributed by atoms with Crippen LogP contribution in [0.3, 0.4) is 0 Å². The van der Waals surface area contributed by atoms with E-state index in [-0.39, 0.29) is 6.04 Å². The maximum Gasteiger partial charge on any atom is 0.0771 e. The Balaban J connectivity index is 1.97. The summed E-state index contributed by atoms with van der Waals surface area (Å²) >= 11 is 0. The molecule has 1 aromatic rings. The molecule has 96 valence electrons. The van der Waals surface area contributed by atoms with E-state index in [2.05, 4.69) is 11.4 Å². The molecule has 0 aromatic heterocycles. The molecule has 1 aliphatic carbocycles. The van der Waals surface area contributed by atoms with Crippen LogP contribution in [0.1, 0.15) is 43.7 Å². The van der Waals surface area contributed by atoms with Crippen LogP contribution in [0.15, 0.2) is 30.3 Å². The molecule has 0 aliphatic heterocycles. The van der Waals surface area contributed by atoms with Gasteiger partial charge in [-0.2, -0.15) is 5.26 Å². The molecule has 1 aromatic carbocycles. The highest BCUT2D eigenvalue weighted by Gasteiger charge is 2.31. The van der Waals surface area contributed by atoms with Gasteiger partial charge in [0.05, 0.1) is 18.1 Å². The van der Waals surface area contributed by atoms with Crippen molar-refractivity contribution in [3.05, 3.63) is 35.9 Å². The van der Waals surface area contributed by atoms with Crippen LogP contribution in [0.4, 0.5) is 0 Å². The third-order valence-corrected chi connectivity index (χ3v) is 3.71. The van der Waals surface area contributed by atoms with Crippen molar-refractivity contribution in [3.63, 3.8) is 0 Å². The van der Waals surface area contributed by atoms with Crippen LogP contribution in [0, 0.1) is 11.3 Å². The Morgan fingerprint density at radius 3 is 2.56 bits per heavy atom. The second-order valence-electron chi connectivity index (χ2n) is 5.14. The monoisotopic (exact) mass is 244 g/mol. The molecule has 18 heavy (non-hydrogen) atoms. The third-order valence-electron chi connectivity index (χ3n) is 3.71. The Bertz CT molecular complexity index is 404. The minimum absolute atomic E-state index is 0.0147. The maximum atomic E-state index is 10.3. The minimum atomic E-state index is -0.567. The molecule has 1 fully saturated rings. The molecular formula is C15H20N2O. The average Bonchev–Trinajstić information content (AvgIpc) is 2.83. The molecule has 1 saturated carbocycles. The number of nitrogens with one attached hydrogen (secondary N) is 1. The molecule has 0 bridgehead atoms. The van der Waals surface area contributed by atoms with Gasteiger partial charge in [-0.25, -0.2) is 0 Å². The zero-order valence-electron chi connectivity index (χ0n) is 10.6. The highest BCUT2D eigenvalue weighted by molar-refractivity contribution is 5.20. The van der Waals surface area contributed by atoms with Crippen LogP contribution >= 0.6 is 0 Å². The molecular weight excluding hydrogens is 224 g/mol. The van der Waals surface area contributed by atoms with Crippen molar-refractivity contribution in [3.8, 4) is 6.07 Å². The SMILES string of the molecule is N#CCC(NCC1(O)CCCC1)c1ccccc1. The first-order chi connectivity index (χ1) is 8.73. The van der Waals surface area contributed by atoms with Crippen molar-refractivity contribution in [1.29, 1.82) is 5.26 Å². The fraction of sp³-hybridized carbons (Fsp3) is 0.533. The van der Waals surface area contributed by atoms with Crippen LogP contribution in [0.25, 0.3) is 0 Å². The Morgan fingerprint density at radius 2 is 1.94 bits per heavy atom. The van der Waals surface area contributed by atoms with Gasteiger partial charge in [-0.3, -0.25) is 0 Å². The number of hydrogen-bond donors (Lipinski definition) is 2. The second kappa shape index (κ2) is 5.99. The van der Waals surface area contributed by atoms with Gasteiger partial charge in [0.2, 0.25) is 0 Å². The summed E-state index contributed by atoms with van der Waals surface area (Å²) in [6, 6.07) is 12.2. The molecule has 1 unspecified atom stereocenters. The van der Waals surface area contributed by atoms with E-state index in [0.29, 0.717) is 13.0 Å². The van der Waals surface area contributed by atoms with E-state index in [0.717, 1.165) is 31.2 Å². The Labute approximate surface area is 108 Å². The second-order valence-corrected chi connectivity index (χ2v) is 5.14. The van der Waals surface area contributed by atoms with Gasteiger partial charge in [0.1, 0.15) is 0 Å². The summed E-state index contributed by atoms with van der Waals surface area (Å²) in [6.07, 6.45) is 4.38. The quantitative estimate of drug-likeness (QED) is 0.837. The van der Waals surface area contributed by atoms with E-state index in [1.54, 1.807) is 0 Å². The number of benzene rings is 1. The van der Waals surface area contributed by atoms with E-state index in [9.17, 15) is 5.11 Å². The summed E-state index contributed by atoms with van der Waals surface area (Å²) < 4.78 is 0. The first-order valence-electron chi connectivity index (χ1n) is 6.61. The van der Waals surface area contributed by atoms with Crippen molar-refractivity contribution < 1.29 is 5.11 Å². The predicted octanol–water partition coefficient (Wildman–Crippen LogP) is 2.54. The van der Waals surface area contributed by atoms with Gasteiger partial charge in [-0.1, -0.05) is 43.2 Å². The van der Waals surface area contributed by atoms with E-state index in [4.69, 9.17) is 5.26 Å². The normalized spacial score (nSPS) is 19.3. The molecule has 1 aliphatic rings. The first-order valence-corrected chi connectivity index (χ1v) is 6.61. The molecule has 2 N–H and O–H groups in total. The summed E-state index contributed by atoms with van der Waals surface area (Å²) in [6.45, 7) is 0.578. The number of hydrogen-bond acceptors (Lipinski definition) is 3. The topological polar surface area (TPSA) is 56.0 Å². The highest BCUT2D eigenvalue weighted by Crippen LogP contribution is 2.29. The van der Waals surface area contributed by atoms with Gasteiger partial charge in [-0.05, 0) is 18.4 Å². The van der Waals surface area contributed by atoms with Crippen LogP contribution in [-0.4, -0.2) is 17.3 Å². The standard InChI is InChI=1S/C15H20N2O/c16-11-8-14(13-6-2-1-3-7-13)17-12-15(18)9-4-5-10-15/h1-3,6-7,14,17-18H,4-5,8-10,12H2. The molecule has 0 radical (unpaired) electrons. The zero-order chi connectivity index (χ0) is 12.8. The molecule has 0 saturated heterocycles. The number of rotatable bonds is 5. The molecule has 0 spiro atoms. The highest BCUT2D eigenvalue weighted by atomic mass is 16.3. The van der Waals surface area contributed by atoms with Crippen LogP contribution < -0.4 is 5.32 Å². The summed E-state index contributed by atoms with van der Waals surface area (Å²) in [5.74, 6) is 0. The number of aliphatic hydroxyl groups is 1. The van der Waals surface area contributed by atoms with Crippen molar-refractivity contribution >= 4 is 0 Å². The van der Waals surface area contributed by atoms with Gasteiger partial charge >= 0.3 is 0 Å². The number of nitriles is 1. The molecule has 0 heterocycles. The van der Waals surface area contributed by atoms with Crippen molar-refractivity contribution in [1.82, 2.24) is 5.32 Å². The lowest BCUT2D eigenvalue weighted by Gasteiger charge is -2.26. The van der Waals surface area contributed by atoms with Crippen molar-refractivity contribution in [2.24, 2.45) is 0 Å². The van der Waals surface area contributed by atoms with E-state index < -0.39 is 5.60 Å². The maximum absolute atomic E-state index is 10.3. The largest absolute Gasteiger partial charge is 0.389 e. The fourth-order valence-electron chi connectivity index (χ4n) is 2.61. The lowest BCUT2D eigenvalue weighted by molar-refractivity contribution is 0.0449.